The molecule has 0 aromatic heterocycles. The smallest absolute Gasteiger partial charge is 0.251 e. The molecule has 1 aromatic rings. The van der Waals surface area contributed by atoms with Gasteiger partial charge in [-0.3, -0.25) is 4.79 Å². The minimum atomic E-state index is -0.542. The number of halogens is 2. The zero-order valence-electron chi connectivity index (χ0n) is 10.2. The molecule has 19 heavy (non-hydrogen) atoms. The lowest BCUT2D eigenvalue weighted by Gasteiger charge is -2.20. The minimum Gasteiger partial charge on any atom is -0.393 e. The minimum absolute atomic E-state index is 0.0369. The zero-order valence-corrected chi connectivity index (χ0v) is 11.7. The van der Waals surface area contributed by atoms with Crippen molar-refractivity contribution in [1.29, 1.82) is 0 Å². The quantitative estimate of drug-likeness (QED) is 0.844. The number of benzene rings is 1. The van der Waals surface area contributed by atoms with Gasteiger partial charge in [0.1, 0.15) is 5.82 Å². The summed E-state index contributed by atoms with van der Waals surface area (Å²) in [5.41, 5.74) is 5.99. The first-order valence-corrected chi connectivity index (χ1v) is 6.83. The third kappa shape index (κ3) is 3.22. The maximum Gasteiger partial charge on any atom is 0.251 e. The number of rotatable bonds is 3. The van der Waals surface area contributed by atoms with Gasteiger partial charge in [0.15, 0.2) is 0 Å². The highest BCUT2D eigenvalue weighted by molar-refractivity contribution is 7.80. The van der Waals surface area contributed by atoms with E-state index in [1.807, 2.05) is 0 Å². The summed E-state index contributed by atoms with van der Waals surface area (Å²) in [6.07, 6.45) is 2.73. The molecule has 1 fully saturated rings. The number of nitrogens with two attached hydrogens (primary N) is 1. The van der Waals surface area contributed by atoms with Gasteiger partial charge in [-0.2, -0.15) is 0 Å². The van der Waals surface area contributed by atoms with Crippen molar-refractivity contribution < 1.29 is 9.18 Å². The van der Waals surface area contributed by atoms with Crippen LogP contribution in [0.15, 0.2) is 18.2 Å². The molecule has 2 atom stereocenters. The number of thiocarbonyl (C=S) groups is 1. The lowest BCUT2D eigenvalue weighted by molar-refractivity contribution is 0.0934. The van der Waals surface area contributed by atoms with Crippen LogP contribution in [0.3, 0.4) is 0 Å². The molecule has 1 aromatic carbocycles. The maximum absolute atomic E-state index is 13.0. The van der Waals surface area contributed by atoms with E-state index in [2.05, 4.69) is 5.32 Å². The molecule has 3 nitrogen and oxygen atoms in total. The third-order valence-electron chi connectivity index (χ3n) is 3.38. The molecule has 0 heterocycles. The van der Waals surface area contributed by atoms with Crippen LogP contribution in [0.4, 0.5) is 4.39 Å². The first kappa shape index (κ1) is 14.2. The second kappa shape index (κ2) is 5.84. The van der Waals surface area contributed by atoms with Crippen molar-refractivity contribution in [2.24, 2.45) is 11.7 Å². The first-order valence-electron chi connectivity index (χ1n) is 6.04. The van der Waals surface area contributed by atoms with Gasteiger partial charge in [-0.05, 0) is 31.0 Å². The highest BCUT2D eigenvalue weighted by atomic mass is 35.5. The molecule has 2 unspecified atom stereocenters. The Kier molecular flexibility index (Phi) is 4.37. The van der Waals surface area contributed by atoms with E-state index < -0.39 is 5.82 Å². The highest BCUT2D eigenvalue weighted by Crippen LogP contribution is 2.26. The molecule has 0 aliphatic heterocycles. The SMILES string of the molecule is NC(=S)C1CCCC1NC(=O)c1ccc(F)c(Cl)c1. The van der Waals surface area contributed by atoms with Gasteiger partial charge in [-0.25, -0.2) is 4.39 Å². The molecule has 6 heteroatoms. The second-order valence-electron chi connectivity index (χ2n) is 4.65. The number of carbonyl (C=O) groups is 1. The predicted molar refractivity (Wildman–Crippen MR) is 76.8 cm³/mol. The number of hydrogen-bond donors (Lipinski definition) is 2. The van der Waals surface area contributed by atoms with Crippen molar-refractivity contribution in [3.05, 3.63) is 34.6 Å². The predicted octanol–water partition coefficient (Wildman–Crippen LogP) is 2.66. The van der Waals surface area contributed by atoms with Crippen LogP contribution in [0.2, 0.25) is 5.02 Å². The average molecular weight is 301 g/mol. The van der Waals surface area contributed by atoms with Crippen molar-refractivity contribution in [2.45, 2.75) is 25.3 Å². The molecule has 0 radical (unpaired) electrons. The largest absolute Gasteiger partial charge is 0.393 e. The van der Waals surface area contributed by atoms with E-state index in [0.717, 1.165) is 19.3 Å². The summed E-state index contributed by atoms with van der Waals surface area (Å²) in [5, 5.41) is 2.82. The van der Waals surface area contributed by atoms with E-state index >= 15 is 0 Å². The molecule has 1 saturated carbocycles. The van der Waals surface area contributed by atoms with E-state index in [0.29, 0.717) is 10.6 Å². The van der Waals surface area contributed by atoms with Crippen LogP contribution in [-0.4, -0.2) is 16.9 Å². The molecule has 1 aliphatic carbocycles. The monoisotopic (exact) mass is 300 g/mol. The lowest BCUT2D eigenvalue weighted by atomic mass is 10.0. The van der Waals surface area contributed by atoms with Gasteiger partial charge in [-0.15, -0.1) is 0 Å². The molecular weight excluding hydrogens is 287 g/mol. The summed E-state index contributed by atoms with van der Waals surface area (Å²) in [4.78, 5) is 12.5. The Hall–Kier alpha value is -1.20. The highest BCUT2D eigenvalue weighted by Gasteiger charge is 2.30. The lowest BCUT2D eigenvalue weighted by Crippen LogP contribution is -2.41. The summed E-state index contributed by atoms with van der Waals surface area (Å²) in [7, 11) is 0. The number of carbonyl (C=O) groups excluding carboxylic acids is 1. The molecule has 0 saturated heterocycles. The van der Waals surface area contributed by atoms with Crippen molar-refractivity contribution in [1.82, 2.24) is 5.32 Å². The van der Waals surface area contributed by atoms with Crippen LogP contribution in [-0.2, 0) is 0 Å². The van der Waals surface area contributed by atoms with Gasteiger partial charge in [0.2, 0.25) is 0 Å². The summed E-state index contributed by atoms with van der Waals surface area (Å²) < 4.78 is 13.0. The van der Waals surface area contributed by atoms with Gasteiger partial charge in [-0.1, -0.05) is 30.2 Å². The van der Waals surface area contributed by atoms with E-state index in [4.69, 9.17) is 29.6 Å². The Balaban J connectivity index is 2.08. The number of amides is 1. The Bertz CT molecular complexity index is 523. The van der Waals surface area contributed by atoms with Gasteiger partial charge in [0, 0.05) is 17.5 Å². The zero-order chi connectivity index (χ0) is 14.0. The molecule has 2 rings (SSSR count). The van der Waals surface area contributed by atoms with Crippen LogP contribution in [0.25, 0.3) is 0 Å². The summed E-state index contributed by atoms with van der Waals surface area (Å²) >= 11 is 10.7. The van der Waals surface area contributed by atoms with Crippen LogP contribution in [0.1, 0.15) is 29.6 Å². The van der Waals surface area contributed by atoms with Crippen molar-refractivity contribution in [3.8, 4) is 0 Å². The van der Waals surface area contributed by atoms with Crippen molar-refractivity contribution >= 4 is 34.7 Å². The molecule has 0 bridgehead atoms. The standard InChI is InChI=1S/C13H14ClFN2OS/c14-9-6-7(4-5-10(9)15)13(18)17-11-3-1-2-8(11)12(16)19/h4-6,8,11H,1-3H2,(H2,16,19)(H,17,18). The summed E-state index contributed by atoms with van der Waals surface area (Å²) in [5.74, 6) is -0.787. The van der Waals surface area contributed by atoms with Gasteiger partial charge in [0.05, 0.1) is 10.0 Å². The van der Waals surface area contributed by atoms with Crippen LogP contribution < -0.4 is 11.1 Å². The Morgan fingerprint density at radius 1 is 1.47 bits per heavy atom. The van der Waals surface area contributed by atoms with Gasteiger partial charge >= 0.3 is 0 Å². The first-order chi connectivity index (χ1) is 8.99. The summed E-state index contributed by atoms with van der Waals surface area (Å²) in [6.45, 7) is 0. The van der Waals surface area contributed by atoms with Gasteiger partial charge in [0.25, 0.3) is 5.91 Å². The Morgan fingerprint density at radius 2 is 2.21 bits per heavy atom. The molecular formula is C13H14ClFN2OS. The molecule has 1 aliphatic rings. The average Bonchev–Trinajstić information content (AvgIpc) is 2.80. The van der Waals surface area contributed by atoms with Crippen molar-refractivity contribution in [3.63, 3.8) is 0 Å². The fourth-order valence-electron chi connectivity index (χ4n) is 2.36. The molecule has 1 amide bonds. The fraction of sp³-hybridized carbons (Fsp3) is 0.385. The van der Waals surface area contributed by atoms with Gasteiger partial charge < -0.3 is 11.1 Å². The van der Waals surface area contributed by atoms with E-state index in [-0.39, 0.29) is 22.9 Å². The van der Waals surface area contributed by atoms with E-state index in [1.165, 1.54) is 18.2 Å². The van der Waals surface area contributed by atoms with Crippen molar-refractivity contribution in [2.75, 3.05) is 0 Å². The maximum atomic E-state index is 13.0. The summed E-state index contributed by atoms with van der Waals surface area (Å²) in [6, 6.07) is 3.85. The molecule has 102 valence electrons. The van der Waals surface area contributed by atoms with E-state index in [1.54, 1.807) is 0 Å². The number of hydrogen-bond acceptors (Lipinski definition) is 2. The molecule has 3 N–H and O–H groups in total. The second-order valence-corrected chi connectivity index (χ2v) is 5.53. The van der Waals surface area contributed by atoms with Crippen LogP contribution in [0.5, 0.6) is 0 Å². The Morgan fingerprint density at radius 3 is 2.84 bits per heavy atom. The molecule has 0 spiro atoms. The Labute approximate surface area is 121 Å². The topological polar surface area (TPSA) is 55.1 Å². The van der Waals surface area contributed by atoms with Crippen LogP contribution >= 0.6 is 23.8 Å². The van der Waals surface area contributed by atoms with E-state index in [9.17, 15) is 9.18 Å². The normalized spacial score (nSPS) is 22.2. The van der Waals surface area contributed by atoms with Crippen LogP contribution in [0, 0.1) is 11.7 Å². The third-order valence-corrected chi connectivity index (χ3v) is 3.97. The fourth-order valence-corrected chi connectivity index (χ4v) is 2.83. The number of nitrogens with one attached hydrogen (secondary N) is 1.